The van der Waals surface area contributed by atoms with Crippen molar-refractivity contribution in [3.63, 3.8) is 0 Å². The molecule has 0 amide bonds. The van der Waals surface area contributed by atoms with Gasteiger partial charge in [0, 0.05) is 47.8 Å². The Morgan fingerprint density at radius 2 is 1.73 bits per heavy atom. The van der Waals surface area contributed by atoms with E-state index in [2.05, 4.69) is 4.31 Å². The van der Waals surface area contributed by atoms with Crippen LogP contribution in [0.2, 0.25) is 0 Å². The topological polar surface area (TPSA) is 37.6 Å². The summed E-state index contributed by atoms with van der Waals surface area (Å²) in [6.45, 7) is 1.64. The number of β-amino-alcohol motifs (C(OH)–C–C–N with tert-alkyl or cyclic N) is 1. The zero-order chi connectivity index (χ0) is 18.3. The number of aromatic nitrogens is 1. The molecule has 0 saturated carbocycles. The van der Waals surface area contributed by atoms with Gasteiger partial charge in [-0.15, -0.1) is 0 Å². The van der Waals surface area contributed by atoms with Gasteiger partial charge in [-0.3, -0.25) is 0 Å². The monoisotopic (exact) mass is 378 g/mol. The summed E-state index contributed by atoms with van der Waals surface area (Å²) in [7, 11) is 1.70. The Bertz CT molecular complexity index is 887. The Hall–Kier alpha value is -1.67. The molecule has 0 bridgehead atoms. The molecule has 0 spiro atoms. The van der Waals surface area contributed by atoms with E-state index in [0.717, 1.165) is 23.3 Å². The van der Waals surface area contributed by atoms with Crippen LogP contribution in [0.3, 0.4) is 0 Å². The van der Waals surface area contributed by atoms with Crippen molar-refractivity contribution in [1.82, 2.24) is 8.87 Å². The van der Waals surface area contributed by atoms with Crippen LogP contribution in [0, 0.1) is 11.6 Å². The number of halogens is 2. The second-order valence-electron chi connectivity index (χ2n) is 6.59. The number of aliphatic hydroxyl groups excluding tert-OH is 1. The molecular weight excluding hydrogens is 358 g/mol. The van der Waals surface area contributed by atoms with E-state index < -0.39 is 6.10 Å². The van der Waals surface area contributed by atoms with E-state index in [1.165, 1.54) is 24.3 Å². The van der Waals surface area contributed by atoms with Crippen LogP contribution >= 0.6 is 11.9 Å². The Labute approximate surface area is 154 Å². The minimum atomic E-state index is -0.605. The van der Waals surface area contributed by atoms with E-state index in [1.807, 2.05) is 4.57 Å². The quantitative estimate of drug-likeness (QED) is 0.691. The zero-order valence-electron chi connectivity index (χ0n) is 14.4. The number of fused-ring (bicyclic) bond motifs is 3. The first-order valence-corrected chi connectivity index (χ1v) is 9.45. The zero-order valence-corrected chi connectivity index (χ0v) is 15.2. The summed E-state index contributed by atoms with van der Waals surface area (Å²) in [5, 5.41) is 11.9. The van der Waals surface area contributed by atoms with Crippen LogP contribution in [-0.4, -0.2) is 52.1 Å². The fourth-order valence-corrected chi connectivity index (χ4v) is 4.71. The lowest BCUT2D eigenvalue weighted by molar-refractivity contribution is 0.0952. The normalized spacial score (nSPS) is 19.6. The molecule has 1 aliphatic rings. The maximum atomic E-state index is 13.7. The molecule has 2 atom stereocenters. The lowest BCUT2D eigenvalue weighted by Gasteiger charge is -2.20. The Morgan fingerprint density at radius 3 is 2.27 bits per heavy atom. The summed E-state index contributed by atoms with van der Waals surface area (Å²) < 4.78 is 36.8. The molecule has 7 heteroatoms. The number of hydrogen-bond donors (Lipinski definition) is 1. The highest BCUT2D eigenvalue weighted by Crippen LogP contribution is 2.31. The van der Waals surface area contributed by atoms with Crippen LogP contribution in [0.15, 0.2) is 36.4 Å². The maximum Gasteiger partial charge on any atom is 0.123 e. The number of benzene rings is 2. The summed E-state index contributed by atoms with van der Waals surface area (Å²) >= 11 is 1.67. The van der Waals surface area contributed by atoms with Gasteiger partial charge in [0.05, 0.1) is 18.8 Å². The second kappa shape index (κ2) is 7.15. The number of rotatable bonds is 5. The predicted molar refractivity (Wildman–Crippen MR) is 100 cm³/mol. The molecule has 4 rings (SSSR count). The third-order valence-electron chi connectivity index (χ3n) is 4.78. The molecule has 0 radical (unpaired) electrons. The van der Waals surface area contributed by atoms with E-state index in [9.17, 15) is 13.9 Å². The number of hydrogen-bond acceptors (Lipinski definition) is 4. The van der Waals surface area contributed by atoms with E-state index in [4.69, 9.17) is 4.74 Å². The first-order chi connectivity index (χ1) is 12.5. The molecule has 1 fully saturated rings. The first-order valence-electron chi connectivity index (χ1n) is 8.51. The molecule has 4 nitrogen and oxygen atoms in total. The largest absolute Gasteiger partial charge is 0.390 e. The van der Waals surface area contributed by atoms with Gasteiger partial charge in [-0.25, -0.2) is 13.1 Å². The summed E-state index contributed by atoms with van der Waals surface area (Å²) in [5.74, 6) is 0.165. The van der Waals surface area contributed by atoms with Crippen molar-refractivity contribution in [2.45, 2.75) is 18.8 Å². The number of ether oxygens (including phenoxy) is 1. The van der Waals surface area contributed by atoms with Gasteiger partial charge in [0.15, 0.2) is 0 Å². The van der Waals surface area contributed by atoms with Gasteiger partial charge in [0.1, 0.15) is 11.6 Å². The summed E-state index contributed by atoms with van der Waals surface area (Å²) in [6.07, 6.45) is -0.418. The van der Waals surface area contributed by atoms with Crippen molar-refractivity contribution >= 4 is 33.8 Å². The first kappa shape index (κ1) is 17.7. The van der Waals surface area contributed by atoms with Crippen LogP contribution in [0.5, 0.6) is 0 Å². The third kappa shape index (κ3) is 3.32. The molecule has 0 aliphatic carbocycles. The maximum absolute atomic E-state index is 13.7. The lowest BCUT2D eigenvalue weighted by Crippen LogP contribution is -2.31. The number of nitrogens with zero attached hydrogens (tertiary/aromatic N) is 2. The van der Waals surface area contributed by atoms with Crippen LogP contribution in [-0.2, 0) is 11.3 Å². The molecule has 1 N–H and O–H groups in total. The average molecular weight is 378 g/mol. The number of aliphatic hydroxyl groups is 1. The van der Waals surface area contributed by atoms with Crippen molar-refractivity contribution in [3.8, 4) is 0 Å². The minimum absolute atomic E-state index is 0.186. The highest BCUT2D eigenvalue weighted by Gasteiger charge is 2.25. The second-order valence-corrected chi connectivity index (χ2v) is 7.70. The lowest BCUT2D eigenvalue weighted by atomic mass is 10.1. The van der Waals surface area contributed by atoms with Crippen molar-refractivity contribution < 1.29 is 18.6 Å². The van der Waals surface area contributed by atoms with Gasteiger partial charge in [0.2, 0.25) is 0 Å². The Balaban J connectivity index is 1.64. The van der Waals surface area contributed by atoms with E-state index in [1.54, 1.807) is 31.2 Å². The van der Waals surface area contributed by atoms with Gasteiger partial charge < -0.3 is 14.4 Å². The summed E-state index contributed by atoms with van der Waals surface area (Å²) in [6, 6.07) is 8.97. The van der Waals surface area contributed by atoms with Crippen LogP contribution in [0.25, 0.3) is 21.8 Å². The van der Waals surface area contributed by atoms with E-state index in [0.29, 0.717) is 23.9 Å². The fraction of sp³-hybridized carbons (Fsp3) is 0.368. The Kier molecular flexibility index (Phi) is 4.88. The van der Waals surface area contributed by atoms with Crippen LogP contribution in [0.1, 0.15) is 0 Å². The van der Waals surface area contributed by atoms with Gasteiger partial charge in [-0.1, -0.05) is 11.9 Å². The molecule has 1 aromatic heterocycles. The van der Waals surface area contributed by atoms with Gasteiger partial charge in [0.25, 0.3) is 0 Å². The molecule has 26 heavy (non-hydrogen) atoms. The number of methoxy groups -OCH3 is 1. The smallest absolute Gasteiger partial charge is 0.123 e. The summed E-state index contributed by atoms with van der Waals surface area (Å²) in [5.41, 5.74) is 1.57. The predicted octanol–water partition coefficient (Wildman–Crippen LogP) is 3.41. The highest BCUT2D eigenvalue weighted by atomic mass is 32.2. The van der Waals surface area contributed by atoms with Crippen LogP contribution < -0.4 is 0 Å². The molecule has 1 saturated heterocycles. The fourth-order valence-electron chi connectivity index (χ4n) is 3.54. The molecule has 1 aliphatic heterocycles. The highest BCUT2D eigenvalue weighted by molar-refractivity contribution is 7.97. The molecule has 3 aromatic rings. The average Bonchev–Trinajstić information content (AvgIpc) is 3.18. The molecule has 2 heterocycles. The van der Waals surface area contributed by atoms with Gasteiger partial charge in [-0.2, -0.15) is 0 Å². The molecule has 2 aromatic carbocycles. The van der Waals surface area contributed by atoms with Crippen molar-refractivity contribution in [2.24, 2.45) is 0 Å². The van der Waals surface area contributed by atoms with Gasteiger partial charge in [-0.05, 0) is 36.4 Å². The molecule has 2 unspecified atom stereocenters. The third-order valence-corrected chi connectivity index (χ3v) is 5.96. The van der Waals surface area contributed by atoms with Crippen LogP contribution in [0.4, 0.5) is 8.78 Å². The van der Waals surface area contributed by atoms with Crippen molar-refractivity contribution in [1.29, 1.82) is 0 Å². The SMILES string of the molecule is COC1CSN(CC(O)Cn2c3ccc(F)cc3c3cc(F)ccc32)C1. The molecule has 138 valence electrons. The summed E-state index contributed by atoms with van der Waals surface area (Å²) in [4.78, 5) is 0. The minimum Gasteiger partial charge on any atom is -0.390 e. The van der Waals surface area contributed by atoms with Crippen molar-refractivity contribution in [3.05, 3.63) is 48.0 Å². The Morgan fingerprint density at radius 1 is 1.12 bits per heavy atom. The van der Waals surface area contributed by atoms with E-state index in [-0.39, 0.29) is 17.7 Å². The van der Waals surface area contributed by atoms with Gasteiger partial charge >= 0.3 is 0 Å². The van der Waals surface area contributed by atoms with Crippen molar-refractivity contribution in [2.75, 3.05) is 26.0 Å². The van der Waals surface area contributed by atoms with E-state index >= 15 is 0 Å². The molecular formula is C19H20F2N2O2S. The standard InChI is InChI=1S/C19H20F2N2O2S/c1-25-15-10-22(26-11-15)8-14(24)9-23-18-4-2-12(20)6-16(18)17-7-13(21)3-5-19(17)23/h2-7,14-15,24H,8-11H2,1H3.